The van der Waals surface area contributed by atoms with E-state index in [2.05, 4.69) is 24.4 Å². The summed E-state index contributed by atoms with van der Waals surface area (Å²) < 4.78 is 105. The molecule has 0 saturated heterocycles. The second-order valence-electron chi connectivity index (χ2n) is 11.9. The summed E-state index contributed by atoms with van der Waals surface area (Å²) in [5, 5.41) is 12.6. The van der Waals surface area contributed by atoms with E-state index in [1.807, 2.05) is 6.07 Å². The average Bonchev–Trinajstić information content (AvgIpc) is 3.73. The number of hydrogen-bond donors (Lipinski definition) is 2. The van der Waals surface area contributed by atoms with Crippen LogP contribution in [0.4, 0.5) is 23.1 Å². The molecule has 0 unspecified atom stereocenters. The smallest absolute Gasteiger partial charge is 0.416 e. The predicted molar refractivity (Wildman–Crippen MR) is 205 cm³/mol. The molecular formula is C38H37F3N6O9S2. The third kappa shape index (κ3) is 12.9. The molecule has 2 N–H and O–H groups in total. The Bertz CT molecular complexity index is 2270. The van der Waals surface area contributed by atoms with Crippen LogP contribution >= 0.6 is 11.5 Å². The van der Waals surface area contributed by atoms with Gasteiger partial charge in [0.05, 0.1) is 68.0 Å². The number of benzene rings is 3. The van der Waals surface area contributed by atoms with Crippen LogP contribution in [0, 0.1) is 11.3 Å². The van der Waals surface area contributed by atoms with Crippen LogP contribution < -0.4 is 14.8 Å². The number of nitriles is 1. The van der Waals surface area contributed by atoms with Gasteiger partial charge in [-0.3, -0.25) is 9.71 Å². The Morgan fingerprint density at radius 3 is 2.28 bits per heavy atom. The molecule has 5 rings (SSSR count). The van der Waals surface area contributed by atoms with Crippen molar-refractivity contribution in [2.24, 2.45) is 0 Å². The number of alkyl halides is 3. The molecule has 58 heavy (non-hydrogen) atoms. The number of rotatable bonds is 21. The van der Waals surface area contributed by atoms with E-state index in [0.29, 0.717) is 62.0 Å². The number of methoxy groups -OCH3 is 1. The van der Waals surface area contributed by atoms with Crippen LogP contribution in [0.5, 0.6) is 11.5 Å². The Morgan fingerprint density at radius 1 is 0.845 bits per heavy atom. The standard InChI is InChI=1S/C38H37F3N6O9S2/c1-51-13-14-53-17-18-54-16-15-52-12-11-44-37(48)55-24-31-20-28(9-10-43-31)33-22-27(26-3-2-4-30(19-26)38(39,40)41)5-7-35(33)56-34-8-6-32(21-29(34)23-42)58(49,50)47-36-45-25-46-57-36/h2-10,19-22,25H,11-18,24H2,1H3,(H,44,48)(H,45,46,47). The average molecular weight is 843 g/mol. The monoisotopic (exact) mass is 842 g/mol. The van der Waals surface area contributed by atoms with E-state index in [9.17, 15) is 31.6 Å². The van der Waals surface area contributed by atoms with E-state index < -0.39 is 27.9 Å². The van der Waals surface area contributed by atoms with Crippen LogP contribution in [0.15, 0.2) is 90.2 Å². The Hall–Kier alpha value is -5.69. The summed E-state index contributed by atoms with van der Waals surface area (Å²) in [4.78, 5) is 20.3. The van der Waals surface area contributed by atoms with Crippen molar-refractivity contribution in [1.82, 2.24) is 19.7 Å². The fourth-order valence-electron chi connectivity index (χ4n) is 5.09. The molecule has 0 fully saturated rings. The third-order valence-electron chi connectivity index (χ3n) is 7.86. The van der Waals surface area contributed by atoms with Crippen LogP contribution in [0.25, 0.3) is 22.3 Å². The van der Waals surface area contributed by atoms with E-state index in [0.717, 1.165) is 29.7 Å². The molecule has 2 heterocycles. The van der Waals surface area contributed by atoms with E-state index in [1.165, 1.54) is 42.9 Å². The summed E-state index contributed by atoms with van der Waals surface area (Å²) in [7, 11) is -2.54. The lowest BCUT2D eigenvalue weighted by Crippen LogP contribution is -2.28. The zero-order valence-electron chi connectivity index (χ0n) is 30.9. The number of halogens is 3. The van der Waals surface area contributed by atoms with Crippen molar-refractivity contribution in [3.05, 3.63) is 102 Å². The van der Waals surface area contributed by atoms with Crippen molar-refractivity contribution < 1.29 is 54.8 Å². The number of alkyl carbamates (subject to hydrolysis) is 1. The third-order valence-corrected chi connectivity index (χ3v) is 9.90. The van der Waals surface area contributed by atoms with Gasteiger partial charge >= 0.3 is 12.3 Å². The van der Waals surface area contributed by atoms with Crippen molar-refractivity contribution in [3.8, 4) is 39.8 Å². The molecule has 15 nitrogen and oxygen atoms in total. The summed E-state index contributed by atoms with van der Waals surface area (Å²) >= 11 is 0.832. The quantitative estimate of drug-likeness (QED) is 0.0745. The molecule has 1 amide bonds. The van der Waals surface area contributed by atoms with Gasteiger partial charge in [-0.25, -0.2) is 18.2 Å². The molecule has 5 aromatic rings. The first kappa shape index (κ1) is 43.4. The Labute approximate surface area is 335 Å². The van der Waals surface area contributed by atoms with Crippen LogP contribution in [0.3, 0.4) is 0 Å². The number of carbonyl (C=O) groups excluding carboxylic acids is 1. The molecule has 3 aromatic carbocycles. The molecule has 0 spiro atoms. The SMILES string of the molecule is COCCOCCOCCOCCNC(=O)OCc1cc(-c2cc(-c3cccc(C(F)(F)F)c3)ccc2Oc2ccc(S(=O)(=O)Nc3ncns3)cc2C#N)ccn1. The van der Waals surface area contributed by atoms with Crippen molar-refractivity contribution in [3.63, 3.8) is 0 Å². The van der Waals surface area contributed by atoms with Crippen LogP contribution in [-0.4, -0.2) is 88.8 Å². The van der Waals surface area contributed by atoms with Gasteiger partial charge in [0, 0.05) is 36.9 Å². The lowest BCUT2D eigenvalue weighted by molar-refractivity contribution is -0.137. The highest BCUT2D eigenvalue weighted by Gasteiger charge is 2.30. The molecular weight excluding hydrogens is 806 g/mol. The fourth-order valence-corrected chi connectivity index (χ4v) is 6.77. The zero-order valence-corrected chi connectivity index (χ0v) is 32.5. The van der Waals surface area contributed by atoms with Crippen molar-refractivity contribution >= 4 is 32.8 Å². The normalized spacial score (nSPS) is 11.5. The molecule has 0 atom stereocenters. The molecule has 0 radical (unpaired) electrons. The minimum absolute atomic E-state index is 0.000421. The molecule has 0 aliphatic rings. The summed E-state index contributed by atoms with van der Waals surface area (Å²) in [6, 6.07) is 18.4. The van der Waals surface area contributed by atoms with Crippen molar-refractivity contribution in [2.45, 2.75) is 17.7 Å². The number of aromatic nitrogens is 3. The molecule has 306 valence electrons. The number of anilines is 1. The molecule has 0 saturated carbocycles. The molecule has 20 heteroatoms. The number of carbonyl (C=O) groups is 1. The highest BCUT2D eigenvalue weighted by molar-refractivity contribution is 7.93. The highest BCUT2D eigenvalue weighted by Crippen LogP contribution is 2.39. The summed E-state index contributed by atoms with van der Waals surface area (Å²) in [6.07, 6.45) is -2.64. The van der Waals surface area contributed by atoms with Gasteiger partial charge in [0.2, 0.25) is 5.13 Å². The van der Waals surface area contributed by atoms with Crippen LogP contribution in [0.1, 0.15) is 16.8 Å². The fraction of sp³-hybridized carbons (Fsp3) is 0.289. The first-order valence-corrected chi connectivity index (χ1v) is 19.6. The maximum atomic E-state index is 13.6. The first-order valence-electron chi connectivity index (χ1n) is 17.4. The predicted octanol–water partition coefficient (Wildman–Crippen LogP) is 6.67. The molecule has 0 aliphatic heterocycles. The number of amides is 1. The summed E-state index contributed by atoms with van der Waals surface area (Å²) in [6.45, 7) is 2.69. The zero-order chi connectivity index (χ0) is 41.4. The molecule has 0 aliphatic carbocycles. The van der Waals surface area contributed by atoms with Crippen molar-refractivity contribution in [2.75, 3.05) is 64.6 Å². The lowest BCUT2D eigenvalue weighted by atomic mass is 9.97. The number of hydrogen-bond acceptors (Lipinski definition) is 14. The molecule has 2 aromatic heterocycles. The van der Waals surface area contributed by atoms with E-state index >= 15 is 0 Å². The summed E-state index contributed by atoms with van der Waals surface area (Å²) in [5.41, 5.74) is 0.910. The van der Waals surface area contributed by atoms with Gasteiger partial charge in [0.15, 0.2) is 0 Å². The maximum absolute atomic E-state index is 13.6. The van der Waals surface area contributed by atoms with Gasteiger partial charge in [0.25, 0.3) is 10.0 Å². The van der Waals surface area contributed by atoms with E-state index in [4.69, 9.17) is 28.4 Å². The van der Waals surface area contributed by atoms with Gasteiger partial charge in [0.1, 0.15) is 30.5 Å². The Kier molecular flexibility index (Phi) is 15.9. The van der Waals surface area contributed by atoms with E-state index in [-0.39, 0.29) is 52.4 Å². The number of nitrogens with zero attached hydrogens (tertiary/aromatic N) is 4. The van der Waals surface area contributed by atoms with Crippen molar-refractivity contribution in [1.29, 1.82) is 5.26 Å². The second kappa shape index (κ2) is 21.2. The van der Waals surface area contributed by atoms with Crippen LogP contribution in [0.2, 0.25) is 0 Å². The van der Waals surface area contributed by atoms with Crippen LogP contribution in [-0.2, 0) is 46.5 Å². The van der Waals surface area contributed by atoms with E-state index in [1.54, 1.807) is 31.4 Å². The number of ether oxygens (including phenoxy) is 6. The Morgan fingerprint density at radius 2 is 1.57 bits per heavy atom. The largest absolute Gasteiger partial charge is 0.455 e. The summed E-state index contributed by atoms with van der Waals surface area (Å²) in [5.74, 6) is 0.172. The van der Waals surface area contributed by atoms with Gasteiger partial charge in [-0.15, -0.1) is 0 Å². The number of pyridine rings is 1. The van der Waals surface area contributed by atoms with Gasteiger partial charge in [-0.1, -0.05) is 18.2 Å². The topological polar surface area (TPSA) is 193 Å². The van der Waals surface area contributed by atoms with Gasteiger partial charge in [-0.05, 0) is 71.3 Å². The maximum Gasteiger partial charge on any atom is 0.416 e. The van der Waals surface area contributed by atoms with Gasteiger partial charge in [-0.2, -0.15) is 22.8 Å². The minimum atomic E-state index is -4.57. The first-order chi connectivity index (χ1) is 28.0. The van der Waals surface area contributed by atoms with Gasteiger partial charge < -0.3 is 33.7 Å². The molecule has 0 bridgehead atoms. The minimum Gasteiger partial charge on any atom is -0.455 e. The second-order valence-corrected chi connectivity index (χ2v) is 14.3. The number of sulfonamides is 1. The Balaban J connectivity index is 1.29. The highest BCUT2D eigenvalue weighted by atomic mass is 32.2. The lowest BCUT2D eigenvalue weighted by Gasteiger charge is -2.16. The number of nitrogens with one attached hydrogen (secondary N) is 2.